The highest BCUT2D eigenvalue weighted by Gasteiger charge is 2.24. The minimum absolute atomic E-state index is 0.0684. The summed E-state index contributed by atoms with van der Waals surface area (Å²) in [6.45, 7) is 6.37. The lowest BCUT2D eigenvalue weighted by Crippen LogP contribution is -2.46. The third-order valence-corrected chi connectivity index (χ3v) is 11.7. The molecule has 3 N–H and O–H groups in total. The summed E-state index contributed by atoms with van der Waals surface area (Å²) in [5, 5.41) is 23.7. The van der Waals surface area contributed by atoms with E-state index in [1.165, 1.54) is 141 Å². The average Bonchev–Trinajstić information content (AvgIpc) is 3.23. The van der Waals surface area contributed by atoms with Crippen molar-refractivity contribution in [3.8, 4) is 0 Å². The highest BCUT2D eigenvalue weighted by Crippen LogP contribution is 2.18. The standard InChI is InChI=1S/C53H99NO5/c1-4-7-10-13-16-19-22-24-25-26-27-28-31-34-37-40-43-46-53(58)59-49(44-41-38-35-32-30-23-20-17-14-11-8-5-2)47-52(57)54-50(48-55)51(56)45-42-39-36-33-29-21-18-15-12-9-6-3/h8,11,17,20,24-25,49-51,55-56H,4-7,9-10,12-16,18-19,21-23,26-48H2,1-3H3,(H,54,57)/b11-8+,20-17+,25-24+. The zero-order valence-electron chi connectivity index (χ0n) is 39.4. The van der Waals surface area contributed by atoms with Gasteiger partial charge in [-0.05, 0) is 77.0 Å². The lowest BCUT2D eigenvalue weighted by molar-refractivity contribution is -0.151. The number of hydrogen-bond acceptors (Lipinski definition) is 5. The fourth-order valence-electron chi connectivity index (χ4n) is 7.82. The second kappa shape index (κ2) is 47.1. The monoisotopic (exact) mass is 830 g/mol. The molecule has 346 valence electrons. The molecule has 0 radical (unpaired) electrons. The van der Waals surface area contributed by atoms with Crippen molar-refractivity contribution in [3.63, 3.8) is 0 Å². The molecule has 0 heterocycles. The number of esters is 1. The van der Waals surface area contributed by atoms with E-state index in [-0.39, 0.29) is 24.9 Å². The molecule has 1 amide bonds. The predicted octanol–water partition coefficient (Wildman–Crippen LogP) is 15.3. The van der Waals surface area contributed by atoms with E-state index in [4.69, 9.17) is 4.74 Å². The Labute approximate surface area is 366 Å². The van der Waals surface area contributed by atoms with Crippen LogP contribution in [0.1, 0.15) is 265 Å². The van der Waals surface area contributed by atoms with Crippen LogP contribution in [0.15, 0.2) is 36.5 Å². The Morgan fingerprint density at radius 2 is 0.915 bits per heavy atom. The van der Waals surface area contributed by atoms with Crippen LogP contribution in [-0.4, -0.2) is 46.9 Å². The fourth-order valence-corrected chi connectivity index (χ4v) is 7.82. The quantitative estimate of drug-likeness (QED) is 0.0323. The Bertz CT molecular complexity index is 977. The van der Waals surface area contributed by atoms with Gasteiger partial charge in [0.1, 0.15) is 6.10 Å². The van der Waals surface area contributed by atoms with E-state index >= 15 is 0 Å². The first-order valence-electron chi connectivity index (χ1n) is 25.7. The molecule has 0 aromatic rings. The number of unbranched alkanes of at least 4 members (excludes halogenated alkanes) is 28. The van der Waals surface area contributed by atoms with E-state index in [0.29, 0.717) is 19.3 Å². The third kappa shape index (κ3) is 42.6. The van der Waals surface area contributed by atoms with Gasteiger partial charge in [-0.1, -0.05) is 211 Å². The molecular formula is C53H99NO5. The number of nitrogens with one attached hydrogen (secondary N) is 1. The van der Waals surface area contributed by atoms with Crippen LogP contribution in [0.4, 0.5) is 0 Å². The summed E-state index contributed by atoms with van der Waals surface area (Å²) in [6.07, 6.45) is 54.9. The molecule has 6 heteroatoms. The SMILES string of the molecule is CC/C=C/C/C=C/CCCCCCCC(CC(=O)NC(CO)C(O)CCCCCCCCCCCCC)OC(=O)CCCCCCCCC/C=C/CCCCCCCC. The van der Waals surface area contributed by atoms with Crippen LogP contribution in [0, 0.1) is 0 Å². The Balaban J connectivity index is 4.54. The van der Waals surface area contributed by atoms with Crippen LogP contribution < -0.4 is 5.32 Å². The molecule has 0 aliphatic rings. The number of aliphatic hydroxyl groups is 2. The topological polar surface area (TPSA) is 95.9 Å². The van der Waals surface area contributed by atoms with Crippen LogP contribution in [0.25, 0.3) is 0 Å². The van der Waals surface area contributed by atoms with Crippen LogP contribution in [0.5, 0.6) is 0 Å². The maximum atomic E-state index is 13.2. The lowest BCUT2D eigenvalue weighted by atomic mass is 10.0. The zero-order valence-corrected chi connectivity index (χ0v) is 39.4. The minimum Gasteiger partial charge on any atom is -0.462 e. The van der Waals surface area contributed by atoms with Gasteiger partial charge >= 0.3 is 5.97 Å². The van der Waals surface area contributed by atoms with Gasteiger partial charge in [0.05, 0.1) is 25.2 Å². The molecule has 59 heavy (non-hydrogen) atoms. The van der Waals surface area contributed by atoms with E-state index in [0.717, 1.165) is 77.0 Å². The van der Waals surface area contributed by atoms with E-state index in [2.05, 4.69) is 62.5 Å². The molecule has 0 aliphatic carbocycles. The Hall–Kier alpha value is -1.92. The van der Waals surface area contributed by atoms with Crippen molar-refractivity contribution >= 4 is 11.9 Å². The third-order valence-electron chi connectivity index (χ3n) is 11.7. The van der Waals surface area contributed by atoms with Crippen molar-refractivity contribution in [1.29, 1.82) is 0 Å². The largest absolute Gasteiger partial charge is 0.462 e. The van der Waals surface area contributed by atoms with Crippen molar-refractivity contribution in [2.24, 2.45) is 0 Å². The molecule has 0 aromatic carbocycles. The summed E-state index contributed by atoms with van der Waals surface area (Å²) in [5.41, 5.74) is 0. The molecular weight excluding hydrogens is 731 g/mol. The number of allylic oxidation sites excluding steroid dienone is 6. The summed E-state index contributed by atoms with van der Waals surface area (Å²) in [6, 6.07) is -0.704. The molecule has 0 spiro atoms. The second-order valence-electron chi connectivity index (χ2n) is 17.5. The van der Waals surface area contributed by atoms with Crippen molar-refractivity contribution < 1.29 is 24.5 Å². The average molecular weight is 830 g/mol. The van der Waals surface area contributed by atoms with Crippen molar-refractivity contribution in [1.82, 2.24) is 5.32 Å². The maximum Gasteiger partial charge on any atom is 0.306 e. The number of amides is 1. The van der Waals surface area contributed by atoms with Gasteiger partial charge < -0.3 is 20.3 Å². The highest BCUT2D eigenvalue weighted by molar-refractivity contribution is 5.77. The number of rotatable bonds is 46. The number of carbonyl (C=O) groups is 2. The highest BCUT2D eigenvalue weighted by atomic mass is 16.5. The Kier molecular flexibility index (Phi) is 45.6. The number of aliphatic hydroxyl groups excluding tert-OH is 2. The fraction of sp³-hybridized carbons (Fsp3) is 0.849. The summed E-state index contributed by atoms with van der Waals surface area (Å²) in [4.78, 5) is 26.1. The molecule has 0 rings (SSSR count). The lowest BCUT2D eigenvalue weighted by Gasteiger charge is -2.24. The molecule has 3 unspecified atom stereocenters. The van der Waals surface area contributed by atoms with Crippen LogP contribution in [0.2, 0.25) is 0 Å². The number of carbonyl (C=O) groups excluding carboxylic acids is 2. The molecule has 0 saturated carbocycles. The number of ether oxygens (including phenoxy) is 1. The van der Waals surface area contributed by atoms with E-state index < -0.39 is 18.2 Å². The normalized spacial score (nSPS) is 13.5. The van der Waals surface area contributed by atoms with E-state index in [9.17, 15) is 19.8 Å². The molecule has 0 fully saturated rings. The minimum atomic E-state index is -0.789. The van der Waals surface area contributed by atoms with Gasteiger partial charge in [0.2, 0.25) is 5.91 Å². The summed E-state index contributed by atoms with van der Waals surface area (Å²) >= 11 is 0. The maximum absolute atomic E-state index is 13.2. The van der Waals surface area contributed by atoms with Crippen LogP contribution in [-0.2, 0) is 14.3 Å². The van der Waals surface area contributed by atoms with Crippen LogP contribution in [0.3, 0.4) is 0 Å². The Morgan fingerprint density at radius 3 is 1.39 bits per heavy atom. The zero-order chi connectivity index (χ0) is 43.1. The van der Waals surface area contributed by atoms with E-state index in [1.807, 2.05) is 0 Å². The van der Waals surface area contributed by atoms with Gasteiger partial charge in [-0.2, -0.15) is 0 Å². The van der Waals surface area contributed by atoms with Crippen molar-refractivity contribution in [2.45, 2.75) is 283 Å². The van der Waals surface area contributed by atoms with Gasteiger partial charge in [0, 0.05) is 6.42 Å². The molecule has 0 aliphatic heterocycles. The Morgan fingerprint density at radius 1 is 0.508 bits per heavy atom. The van der Waals surface area contributed by atoms with Crippen molar-refractivity contribution in [3.05, 3.63) is 36.5 Å². The number of hydrogen-bond donors (Lipinski definition) is 3. The summed E-state index contributed by atoms with van der Waals surface area (Å²) in [7, 11) is 0. The summed E-state index contributed by atoms with van der Waals surface area (Å²) < 4.78 is 5.92. The smallest absolute Gasteiger partial charge is 0.306 e. The molecule has 0 aromatic heterocycles. The molecule has 0 bridgehead atoms. The van der Waals surface area contributed by atoms with E-state index in [1.54, 1.807) is 0 Å². The second-order valence-corrected chi connectivity index (χ2v) is 17.5. The first kappa shape index (κ1) is 57.1. The van der Waals surface area contributed by atoms with Gasteiger partial charge in [-0.15, -0.1) is 0 Å². The first-order chi connectivity index (χ1) is 29.0. The van der Waals surface area contributed by atoms with Gasteiger partial charge in [-0.3, -0.25) is 9.59 Å². The molecule has 0 saturated heterocycles. The molecule has 6 nitrogen and oxygen atoms in total. The van der Waals surface area contributed by atoms with Gasteiger partial charge in [0.25, 0.3) is 0 Å². The van der Waals surface area contributed by atoms with Crippen LogP contribution >= 0.6 is 0 Å². The first-order valence-corrected chi connectivity index (χ1v) is 25.7. The predicted molar refractivity (Wildman–Crippen MR) is 255 cm³/mol. The van der Waals surface area contributed by atoms with Gasteiger partial charge in [-0.25, -0.2) is 0 Å². The van der Waals surface area contributed by atoms with Crippen molar-refractivity contribution in [2.75, 3.05) is 6.61 Å². The van der Waals surface area contributed by atoms with Gasteiger partial charge in [0.15, 0.2) is 0 Å². The summed E-state index contributed by atoms with van der Waals surface area (Å²) in [5.74, 6) is -0.486. The molecule has 3 atom stereocenters.